The molecule has 0 aliphatic carbocycles. The van der Waals surface area contributed by atoms with Gasteiger partial charge in [-0.1, -0.05) is 11.6 Å². The minimum absolute atomic E-state index is 0. The molecule has 0 bridgehead atoms. The zero-order valence-corrected chi connectivity index (χ0v) is 13.3. The van der Waals surface area contributed by atoms with Crippen molar-refractivity contribution in [3.05, 3.63) is 23.2 Å². The van der Waals surface area contributed by atoms with E-state index >= 15 is 0 Å². The maximum absolute atomic E-state index is 12.0. The molecular formula is C14H19Cl2N3O2. The summed E-state index contributed by atoms with van der Waals surface area (Å²) in [4.78, 5) is 23.2. The fraction of sp³-hybridized carbons (Fsp3) is 0.429. The lowest BCUT2D eigenvalue weighted by Crippen LogP contribution is -2.27. The van der Waals surface area contributed by atoms with Crippen molar-refractivity contribution < 1.29 is 9.59 Å². The molecule has 2 amide bonds. The number of benzene rings is 1. The molecule has 1 aliphatic heterocycles. The van der Waals surface area contributed by atoms with Crippen LogP contribution in [0.3, 0.4) is 0 Å². The predicted octanol–water partition coefficient (Wildman–Crippen LogP) is 2.80. The summed E-state index contributed by atoms with van der Waals surface area (Å²) >= 11 is 5.90. The Balaban J connectivity index is 0.00000220. The number of anilines is 2. The van der Waals surface area contributed by atoms with E-state index in [-0.39, 0.29) is 30.3 Å². The number of hydrogen-bond donors (Lipinski definition) is 3. The zero-order chi connectivity index (χ0) is 14.5. The van der Waals surface area contributed by atoms with Crippen LogP contribution in [0.25, 0.3) is 0 Å². The Morgan fingerprint density at radius 2 is 2.10 bits per heavy atom. The third-order valence-electron chi connectivity index (χ3n) is 3.16. The summed E-state index contributed by atoms with van der Waals surface area (Å²) in [5.74, 6) is -0.279. The monoisotopic (exact) mass is 331 g/mol. The summed E-state index contributed by atoms with van der Waals surface area (Å²) in [7, 11) is 0. The number of rotatable bonds is 4. The lowest BCUT2D eigenvalue weighted by atomic mass is 10.1. The SMILES string of the molecule is CC(=O)Nc1cc(Cl)ccc1NC(=O)CC1CCCN1.Cl. The first-order valence-corrected chi connectivity index (χ1v) is 7.03. The summed E-state index contributed by atoms with van der Waals surface area (Å²) < 4.78 is 0. The van der Waals surface area contributed by atoms with Gasteiger partial charge in [0, 0.05) is 24.4 Å². The van der Waals surface area contributed by atoms with Gasteiger partial charge in [0.2, 0.25) is 11.8 Å². The van der Waals surface area contributed by atoms with Crippen molar-refractivity contribution >= 4 is 47.2 Å². The molecule has 1 aromatic carbocycles. The van der Waals surface area contributed by atoms with Crippen LogP contribution in [-0.2, 0) is 9.59 Å². The van der Waals surface area contributed by atoms with Gasteiger partial charge in [-0.2, -0.15) is 0 Å². The van der Waals surface area contributed by atoms with Crippen LogP contribution >= 0.6 is 24.0 Å². The maximum Gasteiger partial charge on any atom is 0.225 e. The minimum Gasteiger partial charge on any atom is -0.324 e. The molecule has 1 aromatic rings. The molecule has 21 heavy (non-hydrogen) atoms. The van der Waals surface area contributed by atoms with Gasteiger partial charge in [-0.05, 0) is 37.6 Å². The second-order valence-electron chi connectivity index (χ2n) is 4.92. The van der Waals surface area contributed by atoms with Gasteiger partial charge in [0.05, 0.1) is 11.4 Å². The summed E-state index contributed by atoms with van der Waals surface area (Å²) in [5, 5.41) is 9.26. The van der Waals surface area contributed by atoms with E-state index in [0.717, 1.165) is 19.4 Å². The smallest absolute Gasteiger partial charge is 0.225 e. The van der Waals surface area contributed by atoms with Crippen LogP contribution in [0.5, 0.6) is 0 Å². The summed E-state index contributed by atoms with van der Waals surface area (Å²) in [6, 6.07) is 5.22. The number of hydrogen-bond acceptors (Lipinski definition) is 3. The highest BCUT2D eigenvalue weighted by molar-refractivity contribution is 6.31. The van der Waals surface area contributed by atoms with Gasteiger partial charge in [0.15, 0.2) is 0 Å². The first-order valence-electron chi connectivity index (χ1n) is 6.65. The third kappa shape index (κ3) is 5.53. The van der Waals surface area contributed by atoms with Gasteiger partial charge in [-0.15, -0.1) is 12.4 Å². The molecule has 0 spiro atoms. The first kappa shape index (κ1) is 17.8. The molecule has 1 saturated heterocycles. The van der Waals surface area contributed by atoms with Crippen LogP contribution in [0.15, 0.2) is 18.2 Å². The summed E-state index contributed by atoms with van der Waals surface area (Å²) in [6.45, 7) is 2.38. The van der Waals surface area contributed by atoms with Crippen molar-refractivity contribution in [1.82, 2.24) is 5.32 Å². The van der Waals surface area contributed by atoms with Crippen LogP contribution in [0.2, 0.25) is 5.02 Å². The van der Waals surface area contributed by atoms with Crippen LogP contribution in [-0.4, -0.2) is 24.4 Å². The molecule has 1 fully saturated rings. The lowest BCUT2D eigenvalue weighted by Gasteiger charge is -2.14. The van der Waals surface area contributed by atoms with E-state index in [9.17, 15) is 9.59 Å². The Morgan fingerprint density at radius 1 is 1.33 bits per heavy atom. The molecule has 116 valence electrons. The zero-order valence-electron chi connectivity index (χ0n) is 11.7. The highest BCUT2D eigenvalue weighted by Gasteiger charge is 2.18. The van der Waals surface area contributed by atoms with Gasteiger partial charge in [0.1, 0.15) is 0 Å². The van der Waals surface area contributed by atoms with E-state index in [2.05, 4.69) is 16.0 Å². The van der Waals surface area contributed by atoms with Gasteiger partial charge in [-0.3, -0.25) is 9.59 Å². The summed E-state index contributed by atoms with van der Waals surface area (Å²) in [6.07, 6.45) is 2.56. The van der Waals surface area contributed by atoms with Crippen LogP contribution in [0.1, 0.15) is 26.2 Å². The number of carbonyl (C=O) groups excluding carboxylic acids is 2. The van der Waals surface area contributed by atoms with E-state index in [1.165, 1.54) is 6.92 Å². The third-order valence-corrected chi connectivity index (χ3v) is 3.40. The molecule has 5 nitrogen and oxygen atoms in total. The minimum atomic E-state index is -0.208. The predicted molar refractivity (Wildman–Crippen MR) is 87.3 cm³/mol. The number of nitrogens with one attached hydrogen (secondary N) is 3. The Hall–Kier alpha value is -1.30. The average molecular weight is 332 g/mol. The van der Waals surface area contributed by atoms with E-state index < -0.39 is 0 Å². The highest BCUT2D eigenvalue weighted by Crippen LogP contribution is 2.26. The molecule has 7 heteroatoms. The van der Waals surface area contributed by atoms with Gasteiger partial charge in [-0.25, -0.2) is 0 Å². The topological polar surface area (TPSA) is 70.2 Å². The van der Waals surface area contributed by atoms with Gasteiger partial charge < -0.3 is 16.0 Å². The molecule has 1 atom stereocenters. The molecule has 1 aliphatic rings. The number of amides is 2. The summed E-state index contributed by atoms with van der Waals surface area (Å²) in [5.41, 5.74) is 1.07. The molecular weight excluding hydrogens is 313 g/mol. The molecule has 0 saturated carbocycles. The van der Waals surface area contributed by atoms with Crippen LogP contribution in [0.4, 0.5) is 11.4 Å². The van der Waals surface area contributed by atoms with E-state index in [0.29, 0.717) is 22.8 Å². The first-order chi connectivity index (χ1) is 9.54. The van der Waals surface area contributed by atoms with Crippen molar-refractivity contribution in [1.29, 1.82) is 0 Å². The molecule has 3 N–H and O–H groups in total. The fourth-order valence-corrected chi connectivity index (χ4v) is 2.45. The number of carbonyl (C=O) groups is 2. The molecule has 0 aromatic heterocycles. The second kappa shape index (κ2) is 8.22. The molecule has 0 radical (unpaired) electrons. The van der Waals surface area contributed by atoms with Crippen molar-refractivity contribution in [2.75, 3.05) is 17.2 Å². The Labute approximate surface area is 135 Å². The maximum atomic E-state index is 12.0. The van der Waals surface area contributed by atoms with Gasteiger partial charge >= 0.3 is 0 Å². The molecule has 1 heterocycles. The highest BCUT2D eigenvalue weighted by atomic mass is 35.5. The Morgan fingerprint density at radius 3 is 2.71 bits per heavy atom. The average Bonchev–Trinajstić information content (AvgIpc) is 2.84. The van der Waals surface area contributed by atoms with E-state index in [1.54, 1.807) is 18.2 Å². The van der Waals surface area contributed by atoms with E-state index in [1.807, 2.05) is 0 Å². The second-order valence-corrected chi connectivity index (χ2v) is 5.35. The standard InChI is InChI=1S/C14H18ClN3O2.ClH/c1-9(19)17-13-7-10(15)4-5-12(13)18-14(20)8-11-3-2-6-16-11;/h4-5,7,11,16H,2-3,6,8H2,1H3,(H,17,19)(H,18,20);1H. The van der Waals surface area contributed by atoms with Crippen LogP contribution in [0, 0.1) is 0 Å². The van der Waals surface area contributed by atoms with Crippen LogP contribution < -0.4 is 16.0 Å². The van der Waals surface area contributed by atoms with Crippen molar-refractivity contribution in [2.45, 2.75) is 32.2 Å². The quantitative estimate of drug-likeness (QED) is 0.794. The Kier molecular flexibility index (Phi) is 6.95. The van der Waals surface area contributed by atoms with Gasteiger partial charge in [0.25, 0.3) is 0 Å². The lowest BCUT2D eigenvalue weighted by molar-refractivity contribution is -0.117. The van der Waals surface area contributed by atoms with Crippen molar-refractivity contribution in [3.8, 4) is 0 Å². The largest absolute Gasteiger partial charge is 0.324 e. The van der Waals surface area contributed by atoms with E-state index in [4.69, 9.17) is 11.6 Å². The molecule has 1 unspecified atom stereocenters. The Bertz CT molecular complexity index is 517. The number of halogens is 2. The normalized spacial score (nSPS) is 17.0. The fourth-order valence-electron chi connectivity index (χ4n) is 2.27. The molecule has 2 rings (SSSR count). The van der Waals surface area contributed by atoms with Crippen molar-refractivity contribution in [2.24, 2.45) is 0 Å². The van der Waals surface area contributed by atoms with Crippen molar-refractivity contribution in [3.63, 3.8) is 0 Å².